The van der Waals surface area contributed by atoms with Crippen LogP contribution in [-0.2, 0) is 4.79 Å². The molecule has 1 rings (SSSR count). The van der Waals surface area contributed by atoms with Crippen molar-refractivity contribution in [1.29, 1.82) is 0 Å². The molecule has 1 fully saturated rings. The highest BCUT2D eigenvalue weighted by atomic mass is 33.1. The van der Waals surface area contributed by atoms with Crippen molar-refractivity contribution in [2.24, 2.45) is 0 Å². The van der Waals surface area contributed by atoms with E-state index in [-0.39, 0.29) is 5.91 Å². The summed E-state index contributed by atoms with van der Waals surface area (Å²) in [6.45, 7) is 1.58. The molecule has 0 saturated carbocycles. The highest BCUT2D eigenvalue weighted by molar-refractivity contribution is 8.77. The first-order chi connectivity index (χ1) is 8.09. The second-order valence-electron chi connectivity index (χ2n) is 4.34. The molecule has 98 valence electrons. The fraction of sp³-hybridized carbons (Fsp3) is 0.900. The first-order valence-electron chi connectivity index (χ1n) is 6.03. The molecule has 17 heavy (non-hydrogen) atoms. The average Bonchev–Trinajstić information content (AvgIpc) is 2.77. The SMILES string of the molecule is C[C@@H](NC(=O)CCCC[C@@H]1CCSS1)B(O)O. The van der Waals surface area contributed by atoms with Gasteiger partial charge in [-0.1, -0.05) is 28.0 Å². The van der Waals surface area contributed by atoms with Gasteiger partial charge in [0.1, 0.15) is 0 Å². The predicted octanol–water partition coefficient (Wildman–Crippen LogP) is 1.22. The molecule has 0 aromatic carbocycles. The third kappa shape index (κ3) is 6.59. The quantitative estimate of drug-likeness (QED) is 0.371. The standard InChI is InChI=1S/C10H20BNO3S2/c1-8(11(14)15)12-10(13)5-3-2-4-9-6-7-16-17-9/h8-9,14-15H,2-7H2,1H3,(H,12,13)/t8-,9-/m1/s1. The second-order valence-corrected chi connectivity index (χ2v) is 7.13. The summed E-state index contributed by atoms with van der Waals surface area (Å²) in [4.78, 5) is 11.4. The number of amides is 1. The lowest BCUT2D eigenvalue weighted by Gasteiger charge is -2.12. The van der Waals surface area contributed by atoms with Crippen molar-refractivity contribution in [2.75, 3.05) is 5.75 Å². The van der Waals surface area contributed by atoms with Gasteiger partial charge in [-0.2, -0.15) is 0 Å². The third-order valence-electron chi connectivity index (χ3n) is 2.74. The van der Waals surface area contributed by atoms with E-state index in [1.807, 2.05) is 21.6 Å². The summed E-state index contributed by atoms with van der Waals surface area (Å²) >= 11 is 0. The largest absolute Gasteiger partial charge is 0.475 e. The Balaban J connectivity index is 1.99. The molecule has 0 aromatic heterocycles. The van der Waals surface area contributed by atoms with Crippen LogP contribution in [0.5, 0.6) is 0 Å². The lowest BCUT2D eigenvalue weighted by atomic mass is 9.81. The van der Waals surface area contributed by atoms with Crippen LogP contribution in [0.15, 0.2) is 0 Å². The van der Waals surface area contributed by atoms with Gasteiger partial charge in [0.15, 0.2) is 0 Å². The Labute approximate surface area is 111 Å². The Morgan fingerprint density at radius 1 is 1.53 bits per heavy atom. The Kier molecular flexibility index (Phi) is 7.42. The van der Waals surface area contributed by atoms with Crippen LogP contribution in [0.1, 0.15) is 39.0 Å². The minimum Gasteiger partial charge on any atom is -0.426 e. The molecule has 0 bridgehead atoms. The average molecular weight is 277 g/mol. The van der Waals surface area contributed by atoms with Gasteiger partial charge in [0.25, 0.3) is 0 Å². The highest BCUT2D eigenvalue weighted by Gasteiger charge is 2.20. The molecule has 0 spiro atoms. The zero-order valence-electron chi connectivity index (χ0n) is 10.1. The molecule has 1 saturated heterocycles. The summed E-state index contributed by atoms with van der Waals surface area (Å²) in [6, 6.07) is 0. The zero-order chi connectivity index (χ0) is 12.7. The minimum absolute atomic E-state index is 0.0981. The van der Waals surface area contributed by atoms with Gasteiger partial charge in [0, 0.05) is 17.4 Å². The topological polar surface area (TPSA) is 69.6 Å². The van der Waals surface area contributed by atoms with Crippen molar-refractivity contribution in [3.8, 4) is 0 Å². The maximum atomic E-state index is 11.4. The van der Waals surface area contributed by atoms with Crippen molar-refractivity contribution in [3.63, 3.8) is 0 Å². The number of rotatable bonds is 7. The number of unbranched alkanes of at least 4 members (excludes halogenated alkanes) is 1. The van der Waals surface area contributed by atoms with E-state index >= 15 is 0 Å². The molecule has 0 aliphatic carbocycles. The fourth-order valence-corrected chi connectivity index (χ4v) is 4.65. The van der Waals surface area contributed by atoms with Crippen LogP contribution in [0.25, 0.3) is 0 Å². The van der Waals surface area contributed by atoms with Crippen molar-refractivity contribution < 1.29 is 14.8 Å². The Hall–Kier alpha value is 0.155. The molecule has 3 N–H and O–H groups in total. The van der Waals surface area contributed by atoms with Gasteiger partial charge in [0.2, 0.25) is 5.91 Å². The smallest absolute Gasteiger partial charge is 0.426 e. The van der Waals surface area contributed by atoms with E-state index in [1.54, 1.807) is 6.92 Å². The van der Waals surface area contributed by atoms with Crippen LogP contribution in [-0.4, -0.2) is 40.0 Å². The normalized spacial score (nSPS) is 21.2. The number of carbonyl (C=O) groups excluding carboxylic acids is 1. The monoisotopic (exact) mass is 277 g/mol. The maximum absolute atomic E-state index is 11.4. The van der Waals surface area contributed by atoms with Gasteiger partial charge in [-0.25, -0.2) is 0 Å². The van der Waals surface area contributed by atoms with Gasteiger partial charge >= 0.3 is 7.12 Å². The van der Waals surface area contributed by atoms with E-state index in [1.165, 1.54) is 18.6 Å². The number of hydrogen-bond acceptors (Lipinski definition) is 5. The Morgan fingerprint density at radius 3 is 2.88 bits per heavy atom. The molecule has 1 aliphatic heterocycles. The van der Waals surface area contributed by atoms with Crippen LogP contribution < -0.4 is 5.32 Å². The summed E-state index contributed by atoms with van der Waals surface area (Å²) in [5.74, 6) is 0.560. The van der Waals surface area contributed by atoms with Gasteiger partial charge < -0.3 is 15.4 Å². The van der Waals surface area contributed by atoms with E-state index < -0.39 is 13.1 Å². The third-order valence-corrected chi connectivity index (χ3v) is 5.75. The van der Waals surface area contributed by atoms with E-state index in [9.17, 15) is 4.79 Å². The highest BCUT2D eigenvalue weighted by Crippen LogP contribution is 2.39. The van der Waals surface area contributed by atoms with Crippen LogP contribution in [0, 0.1) is 0 Å². The van der Waals surface area contributed by atoms with E-state index in [4.69, 9.17) is 10.0 Å². The lowest BCUT2D eigenvalue weighted by molar-refractivity contribution is -0.121. The Bertz CT molecular complexity index is 238. The summed E-state index contributed by atoms with van der Waals surface area (Å²) in [5.41, 5.74) is 0. The van der Waals surface area contributed by atoms with Crippen LogP contribution in [0.2, 0.25) is 0 Å². The molecular weight excluding hydrogens is 257 g/mol. The molecular formula is C10H20BNO3S2. The van der Waals surface area contributed by atoms with Gasteiger partial charge in [-0.15, -0.1) is 0 Å². The number of hydrogen-bond donors (Lipinski definition) is 3. The van der Waals surface area contributed by atoms with E-state index in [0.717, 1.165) is 18.1 Å². The van der Waals surface area contributed by atoms with Crippen LogP contribution in [0.4, 0.5) is 0 Å². The molecule has 1 heterocycles. The zero-order valence-corrected chi connectivity index (χ0v) is 11.7. The summed E-state index contributed by atoms with van der Waals surface area (Å²) in [6.07, 6.45) is 4.89. The number of carbonyl (C=O) groups is 1. The van der Waals surface area contributed by atoms with Gasteiger partial charge in [0.05, 0.1) is 5.94 Å². The van der Waals surface area contributed by atoms with E-state index in [0.29, 0.717) is 6.42 Å². The van der Waals surface area contributed by atoms with Gasteiger partial charge in [-0.05, 0) is 26.2 Å². The molecule has 2 atom stereocenters. The van der Waals surface area contributed by atoms with E-state index in [2.05, 4.69) is 5.32 Å². The molecule has 1 amide bonds. The first kappa shape index (κ1) is 15.2. The molecule has 0 unspecified atom stereocenters. The van der Waals surface area contributed by atoms with Crippen molar-refractivity contribution >= 4 is 34.6 Å². The maximum Gasteiger partial charge on any atom is 0.475 e. The first-order valence-corrected chi connectivity index (χ1v) is 8.41. The van der Waals surface area contributed by atoms with Crippen LogP contribution in [0.3, 0.4) is 0 Å². The molecule has 7 heteroatoms. The predicted molar refractivity (Wildman–Crippen MR) is 74.7 cm³/mol. The van der Waals surface area contributed by atoms with Gasteiger partial charge in [-0.3, -0.25) is 4.79 Å². The summed E-state index contributed by atoms with van der Waals surface area (Å²) in [7, 11) is 2.43. The lowest BCUT2D eigenvalue weighted by Crippen LogP contribution is -2.44. The van der Waals surface area contributed by atoms with Crippen molar-refractivity contribution in [2.45, 2.75) is 50.2 Å². The minimum atomic E-state index is -1.48. The molecule has 0 radical (unpaired) electrons. The molecule has 1 aliphatic rings. The summed E-state index contributed by atoms with van der Waals surface area (Å²) < 4.78 is 0. The molecule has 0 aromatic rings. The van der Waals surface area contributed by atoms with Crippen molar-refractivity contribution in [1.82, 2.24) is 5.32 Å². The molecule has 4 nitrogen and oxygen atoms in total. The second kappa shape index (κ2) is 8.29. The summed E-state index contributed by atoms with van der Waals surface area (Å²) in [5, 5.41) is 21.0. The fourth-order valence-electron chi connectivity index (χ4n) is 1.62. The Morgan fingerprint density at radius 2 is 2.29 bits per heavy atom. The van der Waals surface area contributed by atoms with Crippen LogP contribution >= 0.6 is 21.6 Å². The number of nitrogens with one attached hydrogen (secondary N) is 1. The van der Waals surface area contributed by atoms with Crippen molar-refractivity contribution in [3.05, 3.63) is 0 Å².